The van der Waals surface area contributed by atoms with Crippen LogP contribution in [0.3, 0.4) is 0 Å². The van der Waals surface area contributed by atoms with Crippen molar-refractivity contribution >= 4 is 33.2 Å². The molecule has 0 unspecified atom stereocenters. The van der Waals surface area contributed by atoms with Gasteiger partial charge in [0.2, 0.25) is 0 Å². The van der Waals surface area contributed by atoms with Crippen LogP contribution in [0.15, 0.2) is 53.3 Å². The Hall–Kier alpha value is -2.83. The summed E-state index contributed by atoms with van der Waals surface area (Å²) >= 11 is 7.44. The van der Waals surface area contributed by atoms with Gasteiger partial charge in [0.1, 0.15) is 14.9 Å². The second kappa shape index (κ2) is 6.72. The molecule has 0 bridgehead atoms. The number of nitrogens with one attached hydrogen (secondary N) is 1. The van der Waals surface area contributed by atoms with Crippen LogP contribution >= 0.6 is 22.9 Å². The summed E-state index contributed by atoms with van der Waals surface area (Å²) in [5, 5.41) is 11.2. The van der Waals surface area contributed by atoms with Gasteiger partial charge in [-0.2, -0.15) is 0 Å². The van der Waals surface area contributed by atoms with E-state index in [1.165, 1.54) is 13.2 Å². The minimum absolute atomic E-state index is 0.0649. The lowest BCUT2D eigenvalue weighted by molar-refractivity contribution is 0.387. The summed E-state index contributed by atoms with van der Waals surface area (Å²) < 4.78 is 20.1. The first-order valence-electron chi connectivity index (χ1n) is 7.98. The highest BCUT2D eigenvalue weighted by atomic mass is 35.5. The molecule has 0 aliphatic heterocycles. The molecule has 0 aliphatic carbocycles. The Kier molecular flexibility index (Phi) is 4.37. The van der Waals surface area contributed by atoms with E-state index in [2.05, 4.69) is 4.98 Å². The Morgan fingerprint density at radius 2 is 1.85 bits per heavy atom. The molecule has 136 valence electrons. The van der Waals surface area contributed by atoms with Gasteiger partial charge < -0.3 is 14.8 Å². The van der Waals surface area contributed by atoms with E-state index in [4.69, 9.17) is 16.3 Å². The number of rotatable bonds is 3. The summed E-state index contributed by atoms with van der Waals surface area (Å²) in [6, 6.07) is 13.5. The zero-order chi connectivity index (χ0) is 19.1. The molecular formula is C20H13ClFNO3S. The summed E-state index contributed by atoms with van der Waals surface area (Å²) in [6.07, 6.45) is 0. The average molecular weight is 402 g/mol. The van der Waals surface area contributed by atoms with Gasteiger partial charge in [-0.05, 0) is 11.6 Å². The molecule has 0 fully saturated rings. The van der Waals surface area contributed by atoms with Gasteiger partial charge in [0.25, 0.3) is 5.56 Å². The molecule has 0 aliphatic rings. The predicted octanol–water partition coefficient (Wildman–Crippen LogP) is 5.43. The van der Waals surface area contributed by atoms with E-state index in [-0.39, 0.29) is 27.0 Å². The van der Waals surface area contributed by atoms with E-state index in [1.807, 2.05) is 6.07 Å². The summed E-state index contributed by atoms with van der Waals surface area (Å²) in [6.45, 7) is 0. The van der Waals surface area contributed by atoms with Crippen molar-refractivity contribution in [1.82, 2.24) is 4.98 Å². The smallest absolute Gasteiger partial charge is 0.260 e. The molecule has 2 heterocycles. The SMILES string of the molecule is COc1cccc(-c2c(Cl)sc3[nH]c(=O)c(-c4ccccc4)c(O)c23)c1F. The molecule has 4 rings (SSSR count). The second-order valence-corrected chi connectivity index (χ2v) is 7.44. The molecule has 0 spiro atoms. The third kappa shape index (κ3) is 2.78. The molecule has 0 amide bonds. The molecule has 0 saturated carbocycles. The van der Waals surface area contributed by atoms with Crippen molar-refractivity contribution in [3.63, 3.8) is 0 Å². The maximum Gasteiger partial charge on any atom is 0.260 e. The second-order valence-electron chi connectivity index (χ2n) is 5.82. The topological polar surface area (TPSA) is 62.3 Å². The van der Waals surface area contributed by atoms with Crippen LogP contribution in [-0.4, -0.2) is 17.2 Å². The lowest BCUT2D eigenvalue weighted by Crippen LogP contribution is -2.08. The number of benzene rings is 2. The van der Waals surface area contributed by atoms with Gasteiger partial charge in [-0.3, -0.25) is 4.79 Å². The lowest BCUT2D eigenvalue weighted by Gasteiger charge is -2.10. The van der Waals surface area contributed by atoms with Crippen molar-refractivity contribution in [3.05, 3.63) is 69.0 Å². The molecule has 2 N–H and O–H groups in total. The number of hydrogen-bond acceptors (Lipinski definition) is 4. The maximum atomic E-state index is 14.8. The summed E-state index contributed by atoms with van der Waals surface area (Å²) in [4.78, 5) is 15.6. The van der Waals surface area contributed by atoms with Crippen LogP contribution in [0.5, 0.6) is 11.5 Å². The molecule has 4 aromatic rings. The molecule has 0 saturated heterocycles. The molecule has 0 radical (unpaired) electrons. The maximum absolute atomic E-state index is 14.8. The summed E-state index contributed by atoms with van der Waals surface area (Å²) in [5.41, 5.74) is 0.729. The number of hydrogen-bond donors (Lipinski definition) is 2. The molecule has 0 atom stereocenters. The lowest BCUT2D eigenvalue weighted by atomic mass is 10.00. The van der Waals surface area contributed by atoms with Crippen LogP contribution < -0.4 is 10.3 Å². The van der Waals surface area contributed by atoms with Crippen LogP contribution in [0.2, 0.25) is 4.34 Å². The normalized spacial score (nSPS) is 11.1. The first-order chi connectivity index (χ1) is 13.0. The molecule has 27 heavy (non-hydrogen) atoms. The molecule has 4 nitrogen and oxygen atoms in total. The minimum Gasteiger partial charge on any atom is -0.506 e. The van der Waals surface area contributed by atoms with E-state index in [1.54, 1.807) is 36.4 Å². The fraction of sp³-hybridized carbons (Fsp3) is 0.0500. The van der Waals surface area contributed by atoms with Gasteiger partial charge in [0.15, 0.2) is 11.6 Å². The highest BCUT2D eigenvalue weighted by Crippen LogP contribution is 2.48. The minimum atomic E-state index is -0.589. The Labute approximate surface area is 162 Å². The zero-order valence-electron chi connectivity index (χ0n) is 14.0. The number of ether oxygens (including phenoxy) is 1. The summed E-state index contributed by atoms with van der Waals surface area (Å²) in [5.74, 6) is -0.760. The van der Waals surface area contributed by atoms with Crippen LogP contribution in [0.25, 0.3) is 32.5 Å². The Morgan fingerprint density at radius 1 is 1.11 bits per heavy atom. The Morgan fingerprint density at radius 3 is 2.56 bits per heavy atom. The number of halogens is 2. The van der Waals surface area contributed by atoms with Gasteiger partial charge in [-0.25, -0.2) is 4.39 Å². The molecule has 2 aromatic heterocycles. The van der Waals surface area contributed by atoms with Gasteiger partial charge in [0, 0.05) is 11.1 Å². The first-order valence-corrected chi connectivity index (χ1v) is 9.18. The molecule has 2 aromatic carbocycles. The van der Waals surface area contributed by atoms with E-state index in [0.29, 0.717) is 21.3 Å². The molecular weight excluding hydrogens is 389 g/mol. The van der Waals surface area contributed by atoms with Crippen LogP contribution in [0.1, 0.15) is 0 Å². The number of methoxy groups -OCH3 is 1. The van der Waals surface area contributed by atoms with E-state index >= 15 is 0 Å². The fourth-order valence-corrected chi connectivity index (χ4v) is 4.46. The number of fused-ring (bicyclic) bond motifs is 1. The van der Waals surface area contributed by atoms with Crippen LogP contribution in [-0.2, 0) is 0 Å². The quantitative estimate of drug-likeness (QED) is 0.481. The number of thiophene rings is 1. The number of aromatic amines is 1. The monoisotopic (exact) mass is 401 g/mol. The van der Waals surface area contributed by atoms with Gasteiger partial charge in [-0.1, -0.05) is 54.1 Å². The van der Waals surface area contributed by atoms with Crippen molar-refractivity contribution < 1.29 is 14.2 Å². The van der Waals surface area contributed by atoms with Crippen molar-refractivity contribution in [3.8, 4) is 33.8 Å². The Bertz CT molecular complexity index is 1220. The highest BCUT2D eigenvalue weighted by molar-refractivity contribution is 7.23. The fourth-order valence-electron chi connectivity index (χ4n) is 3.09. The largest absolute Gasteiger partial charge is 0.506 e. The third-order valence-corrected chi connectivity index (χ3v) is 5.62. The van der Waals surface area contributed by atoms with Gasteiger partial charge in [0.05, 0.1) is 18.1 Å². The van der Waals surface area contributed by atoms with E-state index in [9.17, 15) is 14.3 Å². The molecule has 7 heteroatoms. The van der Waals surface area contributed by atoms with Crippen molar-refractivity contribution in [1.29, 1.82) is 0 Å². The van der Waals surface area contributed by atoms with Crippen molar-refractivity contribution in [2.45, 2.75) is 0 Å². The number of aromatic nitrogens is 1. The summed E-state index contributed by atoms with van der Waals surface area (Å²) in [7, 11) is 1.37. The van der Waals surface area contributed by atoms with Gasteiger partial charge in [-0.15, -0.1) is 11.3 Å². The number of pyridine rings is 1. The number of aromatic hydroxyl groups is 1. The Balaban J connectivity index is 2.10. The predicted molar refractivity (Wildman–Crippen MR) is 107 cm³/mol. The van der Waals surface area contributed by atoms with Gasteiger partial charge >= 0.3 is 0 Å². The van der Waals surface area contributed by atoms with Crippen molar-refractivity contribution in [2.75, 3.05) is 7.11 Å². The van der Waals surface area contributed by atoms with E-state index < -0.39 is 11.4 Å². The number of H-pyrrole nitrogens is 1. The van der Waals surface area contributed by atoms with Crippen LogP contribution in [0, 0.1) is 5.82 Å². The standard InChI is InChI=1S/C20H13ClFNO3S/c1-26-12-9-5-8-11(16(12)22)14-15-17(24)13(10-6-3-2-4-7-10)19(25)23-20(15)27-18(14)21/h2-9H,1H3,(H2,23,24,25). The zero-order valence-corrected chi connectivity index (χ0v) is 15.6. The average Bonchev–Trinajstić information content (AvgIpc) is 2.98. The van der Waals surface area contributed by atoms with E-state index in [0.717, 1.165) is 11.3 Å². The van der Waals surface area contributed by atoms with Crippen molar-refractivity contribution in [2.24, 2.45) is 0 Å². The first kappa shape index (κ1) is 17.6. The highest BCUT2D eigenvalue weighted by Gasteiger charge is 2.24. The van der Waals surface area contributed by atoms with Crippen LogP contribution in [0.4, 0.5) is 4.39 Å². The third-order valence-electron chi connectivity index (χ3n) is 4.31.